The molecular weight excluding hydrogens is 497 g/mol. The standard InChI is InChI=1S/C9H11BrN2O.C5H3BrClN.C5H10O/c10-8-1-2-9(11-7-8)12-3-5-13-6-4-12;6-4-1-2-5(7)8-3-4;1-2-4-6-5-3-1/h1-2,7H,3-6H2;1-3H;1-5H2. The highest BCUT2D eigenvalue weighted by atomic mass is 79.9. The van der Waals surface area contributed by atoms with Crippen molar-refractivity contribution in [2.45, 2.75) is 19.3 Å². The highest BCUT2D eigenvalue weighted by Gasteiger charge is 2.11. The quantitative estimate of drug-likeness (QED) is 0.473. The second-order valence-electron chi connectivity index (χ2n) is 5.91. The number of aromatic nitrogens is 2. The summed E-state index contributed by atoms with van der Waals surface area (Å²) in [6.45, 7) is 5.48. The number of nitrogens with zero attached hydrogens (tertiary/aromatic N) is 3. The maximum atomic E-state index is 5.48. The van der Waals surface area contributed by atoms with Crippen molar-refractivity contribution < 1.29 is 9.47 Å². The van der Waals surface area contributed by atoms with Gasteiger partial charge in [0.2, 0.25) is 0 Å². The fraction of sp³-hybridized carbons (Fsp3) is 0.474. The van der Waals surface area contributed by atoms with E-state index in [2.05, 4.69) is 46.7 Å². The van der Waals surface area contributed by atoms with E-state index in [0.29, 0.717) is 5.15 Å². The van der Waals surface area contributed by atoms with E-state index in [1.165, 1.54) is 19.3 Å². The van der Waals surface area contributed by atoms with Gasteiger partial charge in [-0.25, -0.2) is 9.97 Å². The van der Waals surface area contributed by atoms with Gasteiger partial charge in [-0.05, 0) is 75.4 Å². The van der Waals surface area contributed by atoms with E-state index in [1.807, 2.05) is 24.4 Å². The Hall–Kier alpha value is -0.730. The molecule has 0 aliphatic carbocycles. The summed E-state index contributed by atoms with van der Waals surface area (Å²) in [5, 5.41) is 0.521. The van der Waals surface area contributed by atoms with Gasteiger partial charge in [0.1, 0.15) is 11.0 Å². The molecule has 0 bridgehead atoms. The van der Waals surface area contributed by atoms with Crippen LogP contribution in [0.15, 0.2) is 45.6 Å². The van der Waals surface area contributed by atoms with Crippen molar-refractivity contribution in [2.75, 3.05) is 44.4 Å². The maximum absolute atomic E-state index is 5.48. The fourth-order valence-corrected chi connectivity index (χ4v) is 2.97. The minimum absolute atomic E-state index is 0.521. The molecule has 0 aromatic carbocycles. The summed E-state index contributed by atoms with van der Waals surface area (Å²) in [6.07, 6.45) is 7.41. The van der Waals surface area contributed by atoms with Gasteiger partial charge in [-0.3, -0.25) is 0 Å². The van der Waals surface area contributed by atoms with Gasteiger partial charge in [0.05, 0.1) is 13.2 Å². The van der Waals surface area contributed by atoms with Crippen LogP contribution in [0.3, 0.4) is 0 Å². The zero-order valence-corrected chi connectivity index (χ0v) is 19.0. The number of anilines is 1. The third kappa shape index (κ3) is 9.85. The molecule has 148 valence electrons. The summed E-state index contributed by atoms with van der Waals surface area (Å²) in [4.78, 5) is 10.4. The van der Waals surface area contributed by atoms with Crippen molar-refractivity contribution in [1.82, 2.24) is 9.97 Å². The molecule has 0 saturated carbocycles. The van der Waals surface area contributed by atoms with Crippen molar-refractivity contribution in [3.05, 3.63) is 50.8 Å². The fourth-order valence-electron chi connectivity index (χ4n) is 2.39. The second kappa shape index (κ2) is 13.4. The Bertz CT molecular complexity index is 602. The van der Waals surface area contributed by atoms with Crippen molar-refractivity contribution in [3.8, 4) is 0 Å². The van der Waals surface area contributed by atoms with Crippen LogP contribution in [-0.2, 0) is 9.47 Å². The summed E-state index contributed by atoms with van der Waals surface area (Å²) in [5.74, 6) is 1.03. The summed E-state index contributed by atoms with van der Waals surface area (Å²) >= 11 is 12.1. The lowest BCUT2D eigenvalue weighted by Crippen LogP contribution is -2.36. The van der Waals surface area contributed by atoms with E-state index in [9.17, 15) is 0 Å². The second-order valence-corrected chi connectivity index (χ2v) is 8.12. The van der Waals surface area contributed by atoms with Crippen molar-refractivity contribution in [1.29, 1.82) is 0 Å². The molecule has 27 heavy (non-hydrogen) atoms. The first-order valence-electron chi connectivity index (χ1n) is 8.94. The molecule has 5 nitrogen and oxygen atoms in total. The van der Waals surface area contributed by atoms with Gasteiger partial charge in [0, 0.05) is 47.6 Å². The molecular formula is C19H24Br2ClN3O2. The molecule has 4 rings (SSSR count). The number of rotatable bonds is 1. The van der Waals surface area contributed by atoms with Crippen molar-refractivity contribution in [2.24, 2.45) is 0 Å². The summed E-state index contributed by atoms with van der Waals surface area (Å²) in [5.41, 5.74) is 0. The van der Waals surface area contributed by atoms with E-state index in [1.54, 1.807) is 12.3 Å². The SMILES string of the molecule is Brc1ccc(N2CCOCC2)nc1.C1CCOCC1.Clc1ccc(Br)cn1. The third-order valence-corrected chi connectivity index (χ3v) is 4.98. The van der Waals surface area contributed by atoms with Crippen LogP contribution < -0.4 is 4.90 Å². The number of ether oxygens (including phenoxy) is 2. The Morgan fingerprint density at radius 1 is 0.778 bits per heavy atom. The Morgan fingerprint density at radius 3 is 1.78 bits per heavy atom. The van der Waals surface area contributed by atoms with Gasteiger partial charge in [-0.1, -0.05) is 11.6 Å². The predicted octanol–water partition coefficient (Wildman–Crippen LogP) is 5.37. The highest BCUT2D eigenvalue weighted by Crippen LogP contribution is 2.15. The topological polar surface area (TPSA) is 47.5 Å². The van der Waals surface area contributed by atoms with Crippen LogP contribution in [-0.4, -0.2) is 49.5 Å². The smallest absolute Gasteiger partial charge is 0.129 e. The first kappa shape index (κ1) is 22.6. The minimum atomic E-state index is 0.521. The van der Waals surface area contributed by atoms with E-state index in [4.69, 9.17) is 21.1 Å². The number of halogens is 3. The number of pyridine rings is 2. The largest absolute Gasteiger partial charge is 0.381 e. The van der Waals surface area contributed by atoms with Crippen LogP contribution in [0.1, 0.15) is 19.3 Å². The summed E-state index contributed by atoms with van der Waals surface area (Å²) < 4.78 is 12.3. The van der Waals surface area contributed by atoms with E-state index < -0.39 is 0 Å². The number of hydrogen-bond donors (Lipinski definition) is 0. The molecule has 0 N–H and O–H groups in total. The summed E-state index contributed by atoms with van der Waals surface area (Å²) in [7, 11) is 0. The van der Waals surface area contributed by atoms with E-state index >= 15 is 0 Å². The average Bonchev–Trinajstić information content (AvgIpc) is 2.74. The molecule has 2 saturated heterocycles. The van der Waals surface area contributed by atoms with Crippen LogP contribution >= 0.6 is 43.5 Å². The molecule has 8 heteroatoms. The predicted molar refractivity (Wildman–Crippen MR) is 117 cm³/mol. The highest BCUT2D eigenvalue weighted by molar-refractivity contribution is 9.10. The Labute approximate surface area is 182 Å². The van der Waals surface area contributed by atoms with Crippen molar-refractivity contribution in [3.63, 3.8) is 0 Å². The first-order chi connectivity index (χ1) is 13.1. The van der Waals surface area contributed by atoms with Gasteiger partial charge in [0.25, 0.3) is 0 Å². The zero-order chi connectivity index (χ0) is 19.3. The molecule has 0 amide bonds. The minimum Gasteiger partial charge on any atom is -0.381 e. The Balaban J connectivity index is 0.000000159. The average molecular weight is 522 g/mol. The molecule has 2 aromatic rings. The summed E-state index contributed by atoms with van der Waals surface area (Å²) in [6, 6.07) is 7.61. The van der Waals surface area contributed by atoms with Crippen LogP contribution in [0.4, 0.5) is 5.82 Å². The Morgan fingerprint density at radius 2 is 1.37 bits per heavy atom. The van der Waals surface area contributed by atoms with Gasteiger partial charge in [-0.15, -0.1) is 0 Å². The molecule has 0 unspecified atom stereocenters. The van der Waals surface area contributed by atoms with Gasteiger partial charge in [-0.2, -0.15) is 0 Å². The van der Waals surface area contributed by atoms with Gasteiger partial charge in [0.15, 0.2) is 0 Å². The molecule has 2 aliphatic rings. The van der Waals surface area contributed by atoms with Crippen LogP contribution in [0, 0.1) is 0 Å². The van der Waals surface area contributed by atoms with Crippen molar-refractivity contribution >= 4 is 49.3 Å². The molecule has 2 aromatic heterocycles. The van der Waals surface area contributed by atoms with Crippen LogP contribution in [0.5, 0.6) is 0 Å². The van der Waals surface area contributed by atoms with Gasteiger partial charge >= 0.3 is 0 Å². The molecule has 0 spiro atoms. The lowest BCUT2D eigenvalue weighted by molar-refractivity contribution is 0.0968. The molecule has 4 heterocycles. The zero-order valence-electron chi connectivity index (χ0n) is 15.1. The van der Waals surface area contributed by atoms with Crippen LogP contribution in [0.25, 0.3) is 0 Å². The van der Waals surface area contributed by atoms with Crippen LogP contribution in [0.2, 0.25) is 5.15 Å². The third-order valence-electron chi connectivity index (χ3n) is 3.82. The molecule has 2 fully saturated rings. The number of morpholine rings is 1. The number of hydrogen-bond acceptors (Lipinski definition) is 5. The lowest BCUT2D eigenvalue weighted by Gasteiger charge is -2.27. The lowest BCUT2D eigenvalue weighted by atomic mass is 10.2. The Kier molecular flexibility index (Phi) is 11.2. The van der Waals surface area contributed by atoms with E-state index in [-0.39, 0.29) is 0 Å². The van der Waals surface area contributed by atoms with E-state index in [0.717, 1.165) is 54.3 Å². The molecule has 0 atom stereocenters. The molecule has 0 radical (unpaired) electrons. The van der Waals surface area contributed by atoms with Gasteiger partial charge < -0.3 is 14.4 Å². The first-order valence-corrected chi connectivity index (χ1v) is 10.9. The maximum Gasteiger partial charge on any atom is 0.129 e. The molecule has 2 aliphatic heterocycles. The normalized spacial score (nSPS) is 16.5. The monoisotopic (exact) mass is 519 g/mol.